The van der Waals surface area contributed by atoms with Crippen LogP contribution in [0.3, 0.4) is 0 Å². The lowest BCUT2D eigenvalue weighted by Crippen LogP contribution is -2.36. The van der Waals surface area contributed by atoms with E-state index >= 15 is 0 Å². The van der Waals surface area contributed by atoms with Crippen LogP contribution in [-0.4, -0.2) is 41.0 Å². The topological polar surface area (TPSA) is 85.6 Å². The van der Waals surface area contributed by atoms with Gasteiger partial charge in [0.25, 0.3) is 0 Å². The average molecular weight is 558 g/mol. The molecule has 3 rings (SSSR count). The number of halogens is 3. The molecule has 0 amide bonds. The number of hydrogen-bond donors (Lipinski definition) is 2. The van der Waals surface area contributed by atoms with Crippen LogP contribution >= 0.6 is 24.0 Å². The van der Waals surface area contributed by atoms with Gasteiger partial charge in [-0.2, -0.15) is 13.9 Å². The summed E-state index contributed by atoms with van der Waals surface area (Å²) in [6.07, 6.45) is 3.11. The van der Waals surface area contributed by atoms with E-state index < -0.39 is 6.61 Å². The van der Waals surface area contributed by atoms with Crippen LogP contribution in [0.5, 0.6) is 11.5 Å². The maximum Gasteiger partial charge on any atom is 0.387 e. The summed E-state index contributed by atoms with van der Waals surface area (Å²) in [5.41, 5.74) is 2.47. The fourth-order valence-corrected chi connectivity index (χ4v) is 2.89. The third-order valence-electron chi connectivity index (χ3n) is 4.32. The Balaban J connectivity index is 0.00000363. The highest BCUT2D eigenvalue weighted by molar-refractivity contribution is 14.0. The predicted molar refractivity (Wildman–Crippen MR) is 128 cm³/mol. The molecule has 2 aromatic carbocycles. The maximum atomic E-state index is 12.9. The zero-order valence-corrected chi connectivity index (χ0v) is 20.0. The summed E-state index contributed by atoms with van der Waals surface area (Å²) in [4.78, 5) is 8.11. The second kappa shape index (κ2) is 12.8. The largest absolute Gasteiger partial charge is 0.490 e. The molecular formula is C21H25F2IN6O2. The Kier molecular flexibility index (Phi) is 10.1. The summed E-state index contributed by atoms with van der Waals surface area (Å²) in [7, 11) is 1.64. The van der Waals surface area contributed by atoms with Crippen molar-refractivity contribution in [3.8, 4) is 17.2 Å². The van der Waals surface area contributed by atoms with Gasteiger partial charge in [0.2, 0.25) is 0 Å². The third-order valence-corrected chi connectivity index (χ3v) is 4.32. The van der Waals surface area contributed by atoms with Crippen LogP contribution < -0.4 is 20.1 Å². The van der Waals surface area contributed by atoms with Crippen LogP contribution in [0.4, 0.5) is 8.78 Å². The molecule has 3 aromatic rings. The molecule has 172 valence electrons. The molecule has 1 heterocycles. The van der Waals surface area contributed by atoms with Gasteiger partial charge in [-0.1, -0.05) is 24.3 Å². The fourth-order valence-electron chi connectivity index (χ4n) is 2.89. The van der Waals surface area contributed by atoms with Gasteiger partial charge in [0.1, 0.15) is 12.7 Å². The molecule has 0 saturated carbocycles. The van der Waals surface area contributed by atoms with E-state index in [0.717, 1.165) is 11.3 Å². The minimum absolute atomic E-state index is 0. The van der Waals surface area contributed by atoms with E-state index in [2.05, 4.69) is 25.7 Å². The van der Waals surface area contributed by atoms with Crippen molar-refractivity contribution < 1.29 is 18.3 Å². The predicted octanol–water partition coefficient (Wildman–Crippen LogP) is 3.75. The minimum Gasteiger partial charge on any atom is -0.490 e. The van der Waals surface area contributed by atoms with E-state index in [9.17, 15) is 8.78 Å². The normalized spacial score (nSPS) is 11.1. The maximum absolute atomic E-state index is 12.9. The first-order valence-corrected chi connectivity index (χ1v) is 9.68. The number of aromatic nitrogens is 3. The second-order valence-electron chi connectivity index (χ2n) is 6.34. The Morgan fingerprint density at radius 2 is 1.88 bits per heavy atom. The average Bonchev–Trinajstić information content (AvgIpc) is 3.31. The van der Waals surface area contributed by atoms with E-state index in [1.165, 1.54) is 6.33 Å². The first-order chi connectivity index (χ1) is 15.1. The van der Waals surface area contributed by atoms with Gasteiger partial charge in [-0.25, -0.2) is 9.67 Å². The minimum atomic E-state index is -2.95. The van der Waals surface area contributed by atoms with E-state index in [-0.39, 0.29) is 42.0 Å². The van der Waals surface area contributed by atoms with Gasteiger partial charge in [-0.15, -0.1) is 24.0 Å². The molecule has 0 aliphatic heterocycles. The van der Waals surface area contributed by atoms with E-state index in [1.54, 1.807) is 43.2 Å². The van der Waals surface area contributed by atoms with Crippen molar-refractivity contribution in [1.82, 2.24) is 25.4 Å². The van der Waals surface area contributed by atoms with Gasteiger partial charge < -0.3 is 20.1 Å². The molecule has 11 heteroatoms. The molecule has 0 fully saturated rings. The number of rotatable bonds is 9. The molecule has 0 unspecified atom stereocenters. The molecule has 0 atom stereocenters. The molecule has 8 nitrogen and oxygen atoms in total. The van der Waals surface area contributed by atoms with Gasteiger partial charge in [0, 0.05) is 25.7 Å². The summed E-state index contributed by atoms with van der Waals surface area (Å²) in [5.74, 6) is 0.814. The number of hydrogen-bond acceptors (Lipinski definition) is 5. The molecule has 2 N–H and O–H groups in total. The lowest BCUT2D eigenvalue weighted by molar-refractivity contribution is -0.0520. The number of aliphatic imine (C=N–C) groups is 1. The molecule has 32 heavy (non-hydrogen) atoms. The Hall–Kier alpha value is -2.96. The highest BCUT2D eigenvalue weighted by atomic mass is 127. The van der Waals surface area contributed by atoms with Crippen molar-refractivity contribution in [2.75, 3.05) is 13.7 Å². The first-order valence-electron chi connectivity index (χ1n) is 9.68. The number of benzene rings is 2. The van der Waals surface area contributed by atoms with Crippen molar-refractivity contribution in [2.45, 2.75) is 26.6 Å². The SMILES string of the molecule is CCOc1cccc(CNC(=NC)NCc2ccc(-n3cncn3)cc2)c1OC(F)F.I. The number of ether oxygens (including phenoxy) is 2. The zero-order chi connectivity index (χ0) is 22.1. The van der Waals surface area contributed by atoms with Crippen molar-refractivity contribution in [2.24, 2.45) is 4.99 Å². The van der Waals surface area contributed by atoms with Crippen molar-refractivity contribution in [3.05, 3.63) is 66.2 Å². The number of guanidine groups is 1. The van der Waals surface area contributed by atoms with E-state index in [4.69, 9.17) is 9.47 Å². The standard InChI is InChI=1S/C21H24F2N6O2.HI/c1-3-30-18-6-4-5-16(19(18)31-20(22)23)12-27-21(24-2)26-11-15-7-9-17(10-8-15)29-14-25-13-28-29;/h4-10,13-14,20H,3,11-12H2,1-2H3,(H2,24,26,27);1H. The highest BCUT2D eigenvalue weighted by Crippen LogP contribution is 2.32. The fraction of sp³-hybridized carbons (Fsp3) is 0.286. The van der Waals surface area contributed by atoms with Gasteiger partial charge in [0.05, 0.1) is 12.3 Å². The molecule has 0 saturated heterocycles. The summed E-state index contributed by atoms with van der Waals surface area (Å²) in [6.45, 7) is -0.0698. The van der Waals surface area contributed by atoms with Crippen LogP contribution in [-0.2, 0) is 13.1 Å². The van der Waals surface area contributed by atoms with Crippen LogP contribution in [0.1, 0.15) is 18.1 Å². The van der Waals surface area contributed by atoms with Gasteiger partial charge in [-0.05, 0) is 30.7 Å². The Bertz CT molecular complexity index is 984. The summed E-state index contributed by atoms with van der Waals surface area (Å²) in [6, 6.07) is 12.8. The highest BCUT2D eigenvalue weighted by Gasteiger charge is 2.16. The second-order valence-corrected chi connectivity index (χ2v) is 6.34. The van der Waals surface area contributed by atoms with Crippen molar-refractivity contribution in [3.63, 3.8) is 0 Å². The van der Waals surface area contributed by atoms with Gasteiger partial charge >= 0.3 is 6.61 Å². The summed E-state index contributed by atoms with van der Waals surface area (Å²) >= 11 is 0. The third kappa shape index (κ3) is 7.04. The van der Waals surface area contributed by atoms with Gasteiger partial charge in [0.15, 0.2) is 17.5 Å². The zero-order valence-electron chi connectivity index (χ0n) is 17.7. The molecule has 0 radical (unpaired) electrons. The lowest BCUT2D eigenvalue weighted by atomic mass is 10.2. The summed E-state index contributed by atoms with van der Waals surface area (Å²) in [5, 5.41) is 10.4. The number of nitrogens with one attached hydrogen (secondary N) is 2. The van der Waals surface area contributed by atoms with Crippen LogP contribution in [0.15, 0.2) is 60.1 Å². The van der Waals surface area contributed by atoms with Crippen LogP contribution in [0, 0.1) is 0 Å². The van der Waals surface area contributed by atoms with Gasteiger partial charge in [-0.3, -0.25) is 4.99 Å². The Morgan fingerprint density at radius 1 is 1.12 bits per heavy atom. The van der Waals surface area contributed by atoms with E-state index in [0.29, 0.717) is 24.7 Å². The van der Waals surface area contributed by atoms with Crippen LogP contribution in [0.2, 0.25) is 0 Å². The monoisotopic (exact) mass is 558 g/mol. The molecular weight excluding hydrogens is 533 g/mol. The number of para-hydroxylation sites is 1. The summed E-state index contributed by atoms with van der Waals surface area (Å²) < 4.78 is 37.5. The quantitative estimate of drug-likeness (QED) is 0.237. The molecule has 0 aliphatic carbocycles. The molecule has 0 bridgehead atoms. The smallest absolute Gasteiger partial charge is 0.387 e. The first kappa shape index (κ1) is 25.3. The van der Waals surface area contributed by atoms with Crippen LogP contribution in [0.25, 0.3) is 5.69 Å². The number of alkyl halides is 2. The van der Waals surface area contributed by atoms with E-state index in [1.807, 2.05) is 24.3 Å². The van der Waals surface area contributed by atoms with Crippen molar-refractivity contribution in [1.29, 1.82) is 0 Å². The number of nitrogens with zero attached hydrogens (tertiary/aromatic N) is 4. The van der Waals surface area contributed by atoms with Crippen molar-refractivity contribution >= 4 is 29.9 Å². The Morgan fingerprint density at radius 3 is 2.50 bits per heavy atom. The Labute approximate surface area is 202 Å². The molecule has 0 aliphatic rings. The molecule has 0 spiro atoms. The molecule has 1 aromatic heterocycles. The lowest BCUT2D eigenvalue weighted by Gasteiger charge is -2.17.